The summed E-state index contributed by atoms with van der Waals surface area (Å²) < 4.78 is 6.83. The van der Waals surface area contributed by atoms with Gasteiger partial charge in [-0.05, 0) is 70.5 Å². The minimum atomic E-state index is 0.924. The Hall–Kier alpha value is -4.36. The van der Waals surface area contributed by atoms with Gasteiger partial charge in [0.2, 0.25) is 0 Å². The van der Waals surface area contributed by atoms with Gasteiger partial charge < -0.3 is 4.74 Å². The zero-order chi connectivity index (χ0) is 24.9. The predicted molar refractivity (Wildman–Crippen MR) is 156 cm³/mol. The van der Waals surface area contributed by atoms with Crippen molar-refractivity contribution in [3.05, 3.63) is 156 Å². The van der Waals surface area contributed by atoms with Crippen molar-refractivity contribution in [2.45, 2.75) is 25.7 Å². The number of benzene rings is 6. The molecule has 0 spiro atoms. The summed E-state index contributed by atoms with van der Waals surface area (Å²) in [5.41, 5.74) is 5.22. The number of ether oxygens (including phenoxy) is 1. The lowest BCUT2D eigenvalue weighted by Crippen LogP contribution is -2.00. The molecular formula is C36H30O. The Balaban J connectivity index is 1.39. The summed E-state index contributed by atoms with van der Waals surface area (Å²) in [6.07, 6.45) is 3.80. The maximum atomic E-state index is 6.83. The first-order valence-electron chi connectivity index (χ1n) is 13.1. The van der Waals surface area contributed by atoms with E-state index in [9.17, 15) is 0 Å². The SMILES string of the molecule is c1ccc(CCc2c(Oc3ccc4ccccc4c3CCc3ccccc3)ccc3ccccc23)cc1. The Labute approximate surface area is 219 Å². The smallest absolute Gasteiger partial charge is 0.131 e. The van der Waals surface area contributed by atoms with Gasteiger partial charge in [0.15, 0.2) is 0 Å². The van der Waals surface area contributed by atoms with E-state index in [1.807, 2.05) is 0 Å². The predicted octanol–water partition coefficient (Wildman–Crippen LogP) is 9.36. The molecule has 0 aromatic heterocycles. The van der Waals surface area contributed by atoms with Crippen LogP contribution in [0.3, 0.4) is 0 Å². The third kappa shape index (κ3) is 5.13. The van der Waals surface area contributed by atoms with Crippen LogP contribution in [-0.2, 0) is 25.7 Å². The van der Waals surface area contributed by atoms with Crippen LogP contribution in [0.25, 0.3) is 21.5 Å². The molecule has 0 unspecified atom stereocenters. The molecule has 0 bridgehead atoms. The molecule has 6 aromatic rings. The first-order chi connectivity index (χ1) is 18.3. The van der Waals surface area contributed by atoms with Crippen molar-refractivity contribution < 1.29 is 4.74 Å². The quantitative estimate of drug-likeness (QED) is 0.212. The molecule has 0 N–H and O–H groups in total. The summed E-state index contributed by atoms with van der Waals surface area (Å²) >= 11 is 0. The van der Waals surface area contributed by atoms with Crippen LogP contribution in [-0.4, -0.2) is 0 Å². The molecule has 0 aliphatic carbocycles. The minimum Gasteiger partial charge on any atom is -0.457 e. The van der Waals surface area contributed by atoms with Crippen molar-refractivity contribution in [3.8, 4) is 11.5 Å². The van der Waals surface area contributed by atoms with Crippen LogP contribution in [0.5, 0.6) is 11.5 Å². The van der Waals surface area contributed by atoms with Crippen molar-refractivity contribution in [2.24, 2.45) is 0 Å². The lowest BCUT2D eigenvalue weighted by atomic mass is 9.96. The van der Waals surface area contributed by atoms with Crippen LogP contribution in [0, 0.1) is 0 Å². The van der Waals surface area contributed by atoms with Gasteiger partial charge in [-0.2, -0.15) is 0 Å². The highest BCUT2D eigenvalue weighted by atomic mass is 16.5. The second kappa shape index (κ2) is 10.7. The first kappa shape index (κ1) is 23.1. The summed E-state index contributed by atoms with van der Waals surface area (Å²) in [5, 5.41) is 5.03. The van der Waals surface area contributed by atoms with E-state index in [4.69, 9.17) is 4.74 Å². The van der Waals surface area contributed by atoms with Crippen LogP contribution in [0.4, 0.5) is 0 Å². The van der Waals surface area contributed by atoms with E-state index in [1.165, 1.54) is 43.8 Å². The summed E-state index contributed by atoms with van der Waals surface area (Å²) in [7, 11) is 0. The summed E-state index contributed by atoms with van der Waals surface area (Å²) in [4.78, 5) is 0. The van der Waals surface area contributed by atoms with Gasteiger partial charge in [0.05, 0.1) is 0 Å². The Kier molecular flexibility index (Phi) is 6.68. The van der Waals surface area contributed by atoms with Gasteiger partial charge in [-0.3, -0.25) is 0 Å². The van der Waals surface area contributed by atoms with Crippen molar-refractivity contribution in [3.63, 3.8) is 0 Å². The highest BCUT2D eigenvalue weighted by Gasteiger charge is 2.14. The van der Waals surface area contributed by atoms with E-state index in [1.54, 1.807) is 0 Å². The molecule has 0 atom stereocenters. The Morgan fingerprint density at radius 2 is 0.757 bits per heavy atom. The van der Waals surface area contributed by atoms with E-state index >= 15 is 0 Å². The summed E-state index contributed by atoms with van der Waals surface area (Å²) in [5.74, 6) is 1.90. The average molecular weight is 479 g/mol. The van der Waals surface area contributed by atoms with Gasteiger partial charge >= 0.3 is 0 Å². The molecule has 0 aliphatic heterocycles. The Morgan fingerprint density at radius 3 is 1.22 bits per heavy atom. The van der Waals surface area contributed by atoms with E-state index in [0.29, 0.717) is 0 Å². The number of hydrogen-bond donors (Lipinski definition) is 0. The van der Waals surface area contributed by atoms with E-state index in [2.05, 4.69) is 133 Å². The molecule has 0 radical (unpaired) electrons. The Morgan fingerprint density at radius 1 is 0.351 bits per heavy atom. The van der Waals surface area contributed by atoms with Crippen LogP contribution < -0.4 is 4.74 Å². The summed E-state index contributed by atoms with van der Waals surface area (Å²) in [6, 6.07) is 47.4. The fourth-order valence-corrected chi connectivity index (χ4v) is 5.29. The lowest BCUT2D eigenvalue weighted by molar-refractivity contribution is 0.472. The molecule has 0 heterocycles. The van der Waals surface area contributed by atoms with Crippen LogP contribution in [0.15, 0.2) is 133 Å². The molecule has 1 nitrogen and oxygen atoms in total. The molecule has 1 heteroatoms. The summed E-state index contributed by atoms with van der Waals surface area (Å²) in [6.45, 7) is 0. The van der Waals surface area contributed by atoms with Crippen LogP contribution in [0.2, 0.25) is 0 Å². The second-order valence-electron chi connectivity index (χ2n) is 9.60. The normalized spacial score (nSPS) is 11.1. The molecule has 0 saturated carbocycles. The van der Waals surface area contributed by atoms with Crippen molar-refractivity contribution in [1.29, 1.82) is 0 Å². The van der Waals surface area contributed by atoms with Gasteiger partial charge in [-0.1, -0.05) is 121 Å². The molecule has 6 rings (SSSR count). The van der Waals surface area contributed by atoms with Crippen molar-refractivity contribution in [2.75, 3.05) is 0 Å². The van der Waals surface area contributed by atoms with Gasteiger partial charge in [0, 0.05) is 11.1 Å². The molecular weight excluding hydrogens is 448 g/mol. The van der Waals surface area contributed by atoms with Gasteiger partial charge in [-0.25, -0.2) is 0 Å². The lowest BCUT2D eigenvalue weighted by Gasteiger charge is -2.18. The Bertz CT molecular complexity index is 1510. The number of aryl methyl sites for hydroxylation is 4. The maximum absolute atomic E-state index is 6.83. The van der Waals surface area contributed by atoms with Gasteiger partial charge in [-0.15, -0.1) is 0 Å². The number of rotatable bonds is 8. The van der Waals surface area contributed by atoms with Gasteiger partial charge in [0.1, 0.15) is 11.5 Å². The topological polar surface area (TPSA) is 9.23 Å². The third-order valence-corrected chi connectivity index (χ3v) is 7.23. The van der Waals surface area contributed by atoms with Crippen LogP contribution in [0.1, 0.15) is 22.3 Å². The molecule has 180 valence electrons. The zero-order valence-electron chi connectivity index (χ0n) is 20.9. The molecule has 0 saturated heterocycles. The fraction of sp³-hybridized carbons (Fsp3) is 0.111. The minimum absolute atomic E-state index is 0.924. The van der Waals surface area contributed by atoms with Gasteiger partial charge in [0.25, 0.3) is 0 Å². The highest BCUT2D eigenvalue weighted by Crippen LogP contribution is 2.37. The second-order valence-corrected chi connectivity index (χ2v) is 9.60. The van der Waals surface area contributed by atoms with E-state index < -0.39 is 0 Å². The third-order valence-electron chi connectivity index (χ3n) is 7.23. The van der Waals surface area contributed by atoms with E-state index in [0.717, 1.165) is 37.2 Å². The number of hydrogen-bond acceptors (Lipinski definition) is 1. The van der Waals surface area contributed by atoms with Crippen LogP contribution >= 0.6 is 0 Å². The van der Waals surface area contributed by atoms with Crippen molar-refractivity contribution in [1.82, 2.24) is 0 Å². The molecule has 6 aromatic carbocycles. The standard InChI is InChI=1S/C36H30O/c1-3-11-27(12-4-1)19-23-33-31-17-9-7-15-29(31)21-25-35(33)37-36-26-22-30-16-8-10-18-32(30)34(36)24-20-28-13-5-2-6-14-28/h1-18,21-22,25-26H,19-20,23-24H2. The average Bonchev–Trinajstić information content (AvgIpc) is 2.97. The molecule has 0 amide bonds. The molecule has 0 aliphatic rings. The monoisotopic (exact) mass is 478 g/mol. The number of fused-ring (bicyclic) bond motifs is 2. The molecule has 0 fully saturated rings. The maximum Gasteiger partial charge on any atom is 0.131 e. The molecule has 37 heavy (non-hydrogen) atoms. The fourth-order valence-electron chi connectivity index (χ4n) is 5.29. The zero-order valence-corrected chi connectivity index (χ0v) is 20.9. The van der Waals surface area contributed by atoms with Crippen molar-refractivity contribution >= 4 is 21.5 Å². The van der Waals surface area contributed by atoms with E-state index in [-0.39, 0.29) is 0 Å². The highest BCUT2D eigenvalue weighted by molar-refractivity contribution is 5.89. The first-order valence-corrected chi connectivity index (χ1v) is 13.1. The largest absolute Gasteiger partial charge is 0.457 e.